The van der Waals surface area contributed by atoms with Crippen molar-refractivity contribution in [1.29, 1.82) is 0 Å². The molecule has 4 atom stereocenters. The van der Waals surface area contributed by atoms with E-state index in [0.29, 0.717) is 11.5 Å². The Morgan fingerprint density at radius 2 is 1.61 bits per heavy atom. The smallest absolute Gasteiger partial charge is 0.243 e. The van der Waals surface area contributed by atoms with E-state index in [9.17, 15) is 23.1 Å². The van der Waals surface area contributed by atoms with Gasteiger partial charge in [0.1, 0.15) is 6.04 Å². The second-order valence-corrected chi connectivity index (χ2v) is 14.4. The van der Waals surface area contributed by atoms with Crippen LogP contribution in [0.2, 0.25) is 0 Å². The highest BCUT2D eigenvalue weighted by Crippen LogP contribution is 2.35. The number of aliphatic hydroxyl groups is 1. The average Bonchev–Trinajstić information content (AvgIpc) is 3.42. The summed E-state index contributed by atoms with van der Waals surface area (Å²) in [6.07, 6.45) is -1.04. The lowest BCUT2D eigenvalue weighted by Gasteiger charge is -2.35. The van der Waals surface area contributed by atoms with Gasteiger partial charge in [-0.2, -0.15) is 4.31 Å². The van der Waals surface area contributed by atoms with E-state index in [-0.39, 0.29) is 56.9 Å². The largest absolute Gasteiger partial charge is 0.454 e. The fourth-order valence-corrected chi connectivity index (χ4v) is 6.33. The third-order valence-corrected chi connectivity index (χ3v) is 9.10. The van der Waals surface area contributed by atoms with Crippen LogP contribution in [0.3, 0.4) is 0 Å². The lowest BCUT2D eigenvalue weighted by molar-refractivity contribution is -0.133. The monoisotopic (exact) mass is 656 g/mol. The number of fused-ring (bicyclic) bond motifs is 1. The third kappa shape index (κ3) is 9.80. The number of amides is 2. The molecule has 44 heavy (non-hydrogen) atoms. The molecular formula is C31H49ClN4O7S. The van der Waals surface area contributed by atoms with Gasteiger partial charge in [-0.15, -0.1) is 12.4 Å². The molecule has 248 valence electrons. The molecular weight excluding hydrogens is 608 g/mol. The molecule has 0 saturated carbocycles. The van der Waals surface area contributed by atoms with Crippen LogP contribution < -0.4 is 25.4 Å². The summed E-state index contributed by atoms with van der Waals surface area (Å²) in [5, 5.41) is 20.2. The molecule has 2 aromatic rings. The molecule has 2 amide bonds. The molecule has 1 aliphatic rings. The van der Waals surface area contributed by atoms with Crippen molar-refractivity contribution in [2.75, 3.05) is 26.9 Å². The molecule has 4 N–H and O–H groups in total. The molecule has 0 spiro atoms. The third-order valence-electron chi connectivity index (χ3n) is 7.27. The lowest BCUT2D eigenvalue weighted by Crippen LogP contribution is -2.60. The van der Waals surface area contributed by atoms with Crippen molar-refractivity contribution >= 4 is 34.2 Å². The van der Waals surface area contributed by atoms with E-state index in [1.807, 2.05) is 65.0 Å². The van der Waals surface area contributed by atoms with Crippen molar-refractivity contribution in [3.05, 3.63) is 54.1 Å². The maximum absolute atomic E-state index is 13.8. The number of likely N-dealkylation sites (N-methyl/N-ethyl adjacent to an activating group) is 1. The Morgan fingerprint density at radius 1 is 0.977 bits per heavy atom. The fraction of sp³-hybridized carbons (Fsp3) is 0.548. The zero-order chi connectivity index (χ0) is 31.9. The molecule has 0 aromatic heterocycles. The highest BCUT2D eigenvalue weighted by Gasteiger charge is 2.37. The van der Waals surface area contributed by atoms with Crippen LogP contribution in [0.4, 0.5) is 0 Å². The van der Waals surface area contributed by atoms with Gasteiger partial charge in [0.15, 0.2) is 11.5 Å². The maximum Gasteiger partial charge on any atom is 0.243 e. The number of ether oxygens (including phenoxy) is 2. The number of hydrogen-bond donors (Lipinski definition) is 4. The topological polar surface area (TPSA) is 146 Å². The SMILES string of the molecule is CN[C@H](C)C(=O)N[C@H](C(=O)N[C@@H](Cc1ccccc1)[C@H](O)CN(CC(C)C)S(=O)(=O)c1ccc2c(c1)OCO2)C(C)(C)C.Cl.[HH]. The summed E-state index contributed by atoms with van der Waals surface area (Å²) >= 11 is 0. The minimum absolute atomic E-state index is 0. The molecule has 0 aliphatic carbocycles. The molecule has 0 fully saturated rings. The van der Waals surface area contributed by atoms with Gasteiger partial charge in [0, 0.05) is 20.6 Å². The Bertz CT molecular complexity index is 1360. The molecule has 1 heterocycles. The summed E-state index contributed by atoms with van der Waals surface area (Å²) in [7, 11) is -2.40. The molecule has 0 unspecified atom stereocenters. The number of nitrogens with one attached hydrogen (secondary N) is 3. The number of aliphatic hydroxyl groups excluding tert-OH is 1. The molecule has 0 radical (unpaired) electrons. The second kappa shape index (κ2) is 15.9. The van der Waals surface area contributed by atoms with E-state index >= 15 is 0 Å². The molecule has 13 heteroatoms. The first-order chi connectivity index (χ1) is 20.1. The molecule has 11 nitrogen and oxygen atoms in total. The number of carbonyl (C=O) groups is 2. The number of sulfonamides is 1. The van der Waals surface area contributed by atoms with Gasteiger partial charge in [-0.25, -0.2) is 8.42 Å². The van der Waals surface area contributed by atoms with Crippen molar-refractivity contribution in [1.82, 2.24) is 20.3 Å². The number of carbonyl (C=O) groups excluding carboxylic acids is 2. The van der Waals surface area contributed by atoms with Gasteiger partial charge >= 0.3 is 0 Å². The van der Waals surface area contributed by atoms with Gasteiger partial charge in [0.05, 0.1) is 23.1 Å². The van der Waals surface area contributed by atoms with Crippen LogP contribution in [0, 0.1) is 11.3 Å². The average molecular weight is 657 g/mol. The Hall–Kier alpha value is -2.90. The van der Waals surface area contributed by atoms with Crippen molar-refractivity contribution in [2.24, 2.45) is 11.3 Å². The molecule has 0 bridgehead atoms. The van der Waals surface area contributed by atoms with Gasteiger partial charge in [-0.3, -0.25) is 9.59 Å². The van der Waals surface area contributed by atoms with Gasteiger partial charge < -0.3 is 30.5 Å². The van der Waals surface area contributed by atoms with Crippen molar-refractivity contribution in [2.45, 2.75) is 77.1 Å². The van der Waals surface area contributed by atoms with Crippen molar-refractivity contribution in [3.8, 4) is 11.5 Å². The summed E-state index contributed by atoms with van der Waals surface area (Å²) in [6.45, 7) is 10.9. The summed E-state index contributed by atoms with van der Waals surface area (Å²) in [4.78, 5) is 26.4. The van der Waals surface area contributed by atoms with Gasteiger partial charge in [0.25, 0.3) is 0 Å². The molecule has 1 aliphatic heterocycles. The lowest BCUT2D eigenvalue weighted by atomic mass is 9.85. The van der Waals surface area contributed by atoms with Crippen LogP contribution in [0.1, 0.15) is 48.5 Å². The highest BCUT2D eigenvalue weighted by atomic mass is 35.5. The minimum atomic E-state index is -4.05. The van der Waals surface area contributed by atoms with Crippen LogP contribution in [-0.4, -0.2) is 80.8 Å². The van der Waals surface area contributed by atoms with E-state index in [1.165, 1.54) is 16.4 Å². The Labute approximate surface area is 269 Å². The summed E-state index contributed by atoms with van der Waals surface area (Å²) < 4.78 is 39.6. The van der Waals surface area contributed by atoms with Crippen LogP contribution in [0.15, 0.2) is 53.4 Å². The molecule has 3 rings (SSSR count). The standard InChI is InChI=1S/C31H46N4O7S.ClH.H2/c1-20(2)17-35(43(39,40)23-13-14-26-27(16-23)42-19-41-26)18-25(36)24(15-22-11-9-8-10-12-22)33-30(38)28(31(4,5)6)34-29(37)21(3)32-7;;/h8-14,16,20-21,24-25,28,32,36H,15,17-19H2,1-7H3,(H,33,38)(H,34,37);2*1H/t21-,24+,25-,28-;;/m1../s1. The van der Waals surface area contributed by atoms with E-state index < -0.39 is 45.6 Å². The Kier molecular flexibility index (Phi) is 13.5. The van der Waals surface area contributed by atoms with Gasteiger partial charge in [-0.1, -0.05) is 65.0 Å². The quantitative estimate of drug-likeness (QED) is 0.243. The maximum atomic E-state index is 13.8. The van der Waals surface area contributed by atoms with Gasteiger partial charge in [-0.05, 0) is 49.4 Å². The Morgan fingerprint density at radius 3 is 2.20 bits per heavy atom. The first-order valence-electron chi connectivity index (χ1n) is 14.5. The van der Waals surface area contributed by atoms with Gasteiger partial charge in [0.2, 0.25) is 28.6 Å². The minimum Gasteiger partial charge on any atom is -0.454 e. The van der Waals surface area contributed by atoms with Crippen LogP contribution >= 0.6 is 12.4 Å². The van der Waals surface area contributed by atoms with E-state index in [4.69, 9.17) is 9.47 Å². The zero-order valence-electron chi connectivity index (χ0n) is 26.5. The Balaban J connectivity index is 0.00000506. The number of nitrogens with zero attached hydrogens (tertiary/aromatic N) is 1. The van der Waals surface area contributed by atoms with Crippen LogP contribution in [-0.2, 0) is 26.0 Å². The molecule has 0 saturated heterocycles. The first-order valence-corrected chi connectivity index (χ1v) is 16.0. The zero-order valence-corrected chi connectivity index (χ0v) is 28.1. The number of halogens is 1. The van der Waals surface area contributed by atoms with Crippen LogP contribution in [0.25, 0.3) is 0 Å². The van der Waals surface area contributed by atoms with E-state index in [0.717, 1.165) is 5.56 Å². The van der Waals surface area contributed by atoms with Crippen molar-refractivity contribution < 1.29 is 34.0 Å². The normalized spacial score (nSPS) is 15.7. The first kappa shape index (κ1) is 37.3. The number of rotatable bonds is 14. The molecule has 2 aromatic carbocycles. The van der Waals surface area contributed by atoms with Crippen LogP contribution in [0.5, 0.6) is 11.5 Å². The number of benzene rings is 2. The highest BCUT2D eigenvalue weighted by molar-refractivity contribution is 7.89. The summed E-state index contributed by atoms with van der Waals surface area (Å²) in [5.74, 6) is -0.0607. The predicted octanol–water partition coefficient (Wildman–Crippen LogP) is 2.96. The summed E-state index contributed by atoms with van der Waals surface area (Å²) in [6, 6.07) is 11.5. The second-order valence-electron chi connectivity index (χ2n) is 12.4. The summed E-state index contributed by atoms with van der Waals surface area (Å²) in [5.41, 5.74) is 0.197. The fourth-order valence-electron chi connectivity index (χ4n) is 4.69. The van der Waals surface area contributed by atoms with Crippen molar-refractivity contribution in [3.63, 3.8) is 0 Å². The predicted molar refractivity (Wildman–Crippen MR) is 174 cm³/mol. The van der Waals surface area contributed by atoms with E-state index in [2.05, 4.69) is 16.0 Å². The number of hydrogen-bond acceptors (Lipinski definition) is 8. The van der Waals surface area contributed by atoms with E-state index in [1.54, 1.807) is 20.0 Å².